The van der Waals surface area contributed by atoms with Crippen LogP contribution in [-0.4, -0.2) is 36.6 Å². The Morgan fingerprint density at radius 2 is 1.28 bits per heavy atom. The van der Waals surface area contributed by atoms with Crippen molar-refractivity contribution in [2.45, 2.75) is 108 Å². The Labute approximate surface area is 239 Å². The van der Waals surface area contributed by atoms with Crippen molar-refractivity contribution >= 4 is 22.0 Å². The minimum atomic E-state index is -4.87. The van der Waals surface area contributed by atoms with E-state index in [9.17, 15) is 23.4 Å². The van der Waals surface area contributed by atoms with E-state index in [0.29, 0.717) is 6.42 Å². The van der Waals surface area contributed by atoms with Crippen LogP contribution in [0.4, 0.5) is 0 Å². The average Bonchev–Trinajstić information content (AvgIpc) is 2.67. The average molecular weight is 492 g/mol. The molecule has 0 aromatic heterocycles. The largest absolute Gasteiger partial charge is 1.00 e. The van der Waals surface area contributed by atoms with Crippen molar-refractivity contribution in [3.8, 4) is 0 Å². The quantitative estimate of drug-likeness (QED) is 0.0489. The van der Waals surface area contributed by atoms with Crippen LogP contribution in [0.2, 0.25) is 0 Å². The molecule has 32 heavy (non-hydrogen) atoms. The number of allylic oxidation sites excluding steroid dienone is 2. The van der Waals surface area contributed by atoms with E-state index in [1.165, 1.54) is 57.8 Å². The molecule has 0 aromatic rings. The fourth-order valence-electron chi connectivity index (χ4n) is 3.10. The van der Waals surface area contributed by atoms with Gasteiger partial charge in [0.1, 0.15) is 5.25 Å². The maximum atomic E-state index is 11.5. The molecule has 0 fully saturated rings. The van der Waals surface area contributed by atoms with E-state index in [1.54, 1.807) is 0 Å². The van der Waals surface area contributed by atoms with Gasteiger partial charge in [0.25, 0.3) is 10.1 Å². The first kappa shape index (κ1) is 37.1. The van der Waals surface area contributed by atoms with Crippen LogP contribution in [0.5, 0.6) is 0 Å². The van der Waals surface area contributed by atoms with Crippen molar-refractivity contribution in [3.63, 3.8) is 0 Å². The standard InChI is InChI=1S/C22H41NO6S.2Na/c1-2-3-4-5-6-7-8-9-10-11-12-13-14-15-16-17-18-23-21(24)19-20(22(25)26)30(27,28)29;;/h9-10,20H,2-8,11-19H2,1H3,(H,23,24)(H,25,26)(H,27,28,29);;/q;2*+1/p-2/b10-9+;;. The molecule has 0 saturated carbocycles. The molecule has 0 amide bonds. The van der Waals surface area contributed by atoms with Crippen molar-refractivity contribution in [3.05, 3.63) is 12.2 Å². The summed E-state index contributed by atoms with van der Waals surface area (Å²) in [5.41, 5.74) is 0. The van der Waals surface area contributed by atoms with Gasteiger partial charge >= 0.3 is 59.1 Å². The molecular weight excluding hydrogens is 452 g/mol. The van der Waals surface area contributed by atoms with Gasteiger partial charge in [-0.05, 0) is 44.4 Å². The van der Waals surface area contributed by atoms with Crippen LogP contribution in [0.1, 0.15) is 103 Å². The van der Waals surface area contributed by atoms with E-state index in [4.69, 9.17) is 4.55 Å². The summed E-state index contributed by atoms with van der Waals surface area (Å²) in [6.07, 6.45) is 20.1. The first-order valence-electron chi connectivity index (χ1n) is 11.3. The van der Waals surface area contributed by atoms with Gasteiger partial charge in [-0.2, -0.15) is 8.42 Å². The fourth-order valence-corrected chi connectivity index (χ4v) is 3.69. The van der Waals surface area contributed by atoms with Crippen molar-refractivity contribution in [1.82, 2.24) is 0 Å². The second-order valence-corrected chi connectivity index (χ2v) is 9.34. The summed E-state index contributed by atoms with van der Waals surface area (Å²) >= 11 is 0. The summed E-state index contributed by atoms with van der Waals surface area (Å²) in [4.78, 5) is 14.3. The number of rotatable bonds is 20. The molecule has 0 aliphatic rings. The van der Waals surface area contributed by atoms with Crippen molar-refractivity contribution in [2.75, 3.05) is 6.54 Å². The molecule has 1 N–H and O–H groups in total. The molecule has 176 valence electrons. The topological polar surface area (TPSA) is 130 Å². The summed E-state index contributed by atoms with van der Waals surface area (Å²) in [5.74, 6) is -2.85. The Morgan fingerprint density at radius 3 is 1.72 bits per heavy atom. The predicted molar refractivity (Wildman–Crippen MR) is 117 cm³/mol. The molecule has 0 bridgehead atoms. The minimum Gasteiger partial charge on any atom is -0.862 e. The zero-order valence-corrected chi connectivity index (χ0v) is 25.2. The summed E-state index contributed by atoms with van der Waals surface area (Å²) in [6, 6.07) is 0. The molecular formula is C22H39NNa2O6S. The SMILES string of the molecule is CCCCCCCC/C=C/CCCCCCCCN=C([O-])CC(C(=O)[O-])S(=O)(=O)O.[Na+].[Na+]. The molecule has 0 spiro atoms. The molecule has 0 saturated heterocycles. The number of carboxylic acids is 1. The maximum Gasteiger partial charge on any atom is 1.00 e. The molecule has 0 aliphatic carbocycles. The Morgan fingerprint density at radius 1 is 0.844 bits per heavy atom. The number of aliphatic imine (C=N–C) groups is 1. The fraction of sp³-hybridized carbons (Fsp3) is 0.818. The molecule has 1 unspecified atom stereocenters. The molecule has 0 aromatic carbocycles. The van der Waals surface area contributed by atoms with Gasteiger partial charge in [-0.1, -0.05) is 76.9 Å². The van der Waals surface area contributed by atoms with E-state index in [2.05, 4.69) is 24.1 Å². The third-order valence-corrected chi connectivity index (χ3v) is 6.02. The van der Waals surface area contributed by atoms with Crippen LogP contribution in [0.3, 0.4) is 0 Å². The van der Waals surface area contributed by atoms with Crippen LogP contribution in [0, 0.1) is 0 Å². The van der Waals surface area contributed by atoms with Crippen LogP contribution < -0.4 is 69.3 Å². The van der Waals surface area contributed by atoms with Gasteiger partial charge in [0.2, 0.25) is 0 Å². The smallest absolute Gasteiger partial charge is 0.862 e. The first-order valence-corrected chi connectivity index (χ1v) is 12.8. The van der Waals surface area contributed by atoms with E-state index in [-0.39, 0.29) is 65.7 Å². The first-order chi connectivity index (χ1) is 14.3. The molecule has 1 atom stereocenters. The van der Waals surface area contributed by atoms with Gasteiger partial charge in [0.05, 0.1) is 5.97 Å². The Bertz CT molecular complexity index is 612. The maximum absolute atomic E-state index is 11.5. The molecule has 0 heterocycles. The third-order valence-electron chi connectivity index (χ3n) is 4.94. The Balaban J connectivity index is -0.00000420. The van der Waals surface area contributed by atoms with E-state index < -0.39 is 33.7 Å². The predicted octanol–water partition coefficient (Wildman–Crippen LogP) is -2.81. The molecule has 0 radical (unpaired) electrons. The number of unbranched alkanes of at least 4 members (excludes halogenated alkanes) is 12. The van der Waals surface area contributed by atoms with Gasteiger partial charge in [0.15, 0.2) is 0 Å². The number of carboxylic acid groups (broad SMARTS) is 1. The van der Waals surface area contributed by atoms with Crippen molar-refractivity contribution in [2.24, 2.45) is 4.99 Å². The minimum absolute atomic E-state index is 0. The second-order valence-electron chi connectivity index (χ2n) is 7.74. The van der Waals surface area contributed by atoms with Gasteiger partial charge < -0.3 is 20.0 Å². The van der Waals surface area contributed by atoms with Crippen LogP contribution in [-0.2, 0) is 14.9 Å². The summed E-state index contributed by atoms with van der Waals surface area (Å²) in [6.45, 7) is 2.46. The van der Waals surface area contributed by atoms with Crippen molar-refractivity contribution < 1.29 is 87.1 Å². The number of aliphatic carboxylic acids is 1. The van der Waals surface area contributed by atoms with Gasteiger partial charge in [-0.3, -0.25) is 4.55 Å². The monoisotopic (exact) mass is 491 g/mol. The molecule has 0 rings (SSSR count). The number of hydrogen-bond donors (Lipinski definition) is 1. The van der Waals surface area contributed by atoms with Crippen LogP contribution in [0.15, 0.2) is 17.1 Å². The van der Waals surface area contributed by atoms with Gasteiger partial charge in [0, 0.05) is 6.54 Å². The zero-order valence-electron chi connectivity index (χ0n) is 20.4. The number of carbonyl (C=O) groups excluding carboxylic acids is 1. The summed E-state index contributed by atoms with van der Waals surface area (Å²) < 4.78 is 30.5. The molecule has 7 nitrogen and oxygen atoms in total. The van der Waals surface area contributed by atoms with Gasteiger partial charge in [-0.15, -0.1) is 0 Å². The zero-order chi connectivity index (χ0) is 22.7. The van der Waals surface area contributed by atoms with Crippen LogP contribution in [0.25, 0.3) is 0 Å². The molecule has 0 aliphatic heterocycles. The number of nitrogens with zero attached hydrogens (tertiary/aromatic N) is 1. The Hall–Kier alpha value is 0.590. The summed E-state index contributed by atoms with van der Waals surface area (Å²) in [7, 11) is -4.87. The van der Waals surface area contributed by atoms with Crippen LogP contribution >= 0.6 is 0 Å². The third kappa shape index (κ3) is 23.7. The van der Waals surface area contributed by atoms with E-state index in [1.807, 2.05) is 0 Å². The Kier molecular flexibility index (Phi) is 28.7. The molecule has 10 heteroatoms. The number of carbonyl (C=O) groups is 1. The van der Waals surface area contributed by atoms with Gasteiger partial charge in [-0.25, -0.2) is 0 Å². The van der Waals surface area contributed by atoms with E-state index in [0.717, 1.165) is 25.7 Å². The van der Waals surface area contributed by atoms with E-state index >= 15 is 0 Å². The second kappa shape index (κ2) is 24.7. The normalized spacial score (nSPS) is 12.9. The summed E-state index contributed by atoms with van der Waals surface area (Å²) in [5, 5.41) is 19.9. The van der Waals surface area contributed by atoms with Crippen molar-refractivity contribution in [1.29, 1.82) is 0 Å². The number of hydrogen-bond acceptors (Lipinski definition) is 6.